The number of nitrogens with one attached hydrogen (secondary N) is 1. The number of methoxy groups -OCH3 is 2. The minimum absolute atomic E-state index is 0.604. The monoisotopic (exact) mass is 392 g/mol. The average molecular weight is 393 g/mol. The van der Waals surface area contributed by atoms with Gasteiger partial charge in [0.2, 0.25) is 0 Å². The topological polar surface area (TPSA) is 60.3 Å². The van der Waals surface area contributed by atoms with Crippen LogP contribution in [0.3, 0.4) is 0 Å². The van der Waals surface area contributed by atoms with Gasteiger partial charge in [0.15, 0.2) is 0 Å². The summed E-state index contributed by atoms with van der Waals surface area (Å²) in [5, 5.41) is 2.25. The number of halogens is 2. The lowest BCUT2D eigenvalue weighted by Gasteiger charge is -2.10. The first kappa shape index (κ1) is 18.9. The van der Waals surface area contributed by atoms with Crippen LogP contribution in [0, 0.1) is 0 Å². The molecule has 0 atom stereocenters. The van der Waals surface area contributed by atoms with Gasteiger partial charge < -0.3 is 20.2 Å². The third kappa shape index (κ3) is 3.78. The van der Waals surface area contributed by atoms with Crippen molar-refractivity contribution in [3.05, 3.63) is 45.9 Å². The number of aromatic amines is 1. The molecule has 3 aromatic rings. The molecule has 6 heteroatoms. The van der Waals surface area contributed by atoms with Crippen molar-refractivity contribution in [2.45, 2.75) is 19.3 Å². The third-order valence-electron chi connectivity index (χ3n) is 4.44. The summed E-state index contributed by atoms with van der Waals surface area (Å²) in [6.07, 6.45) is 2.81. The first-order chi connectivity index (χ1) is 12.6. The van der Waals surface area contributed by atoms with Gasteiger partial charge in [-0.2, -0.15) is 0 Å². The summed E-state index contributed by atoms with van der Waals surface area (Å²) in [7, 11) is 3.28. The summed E-state index contributed by atoms with van der Waals surface area (Å²) >= 11 is 12.7. The Kier molecular flexibility index (Phi) is 5.97. The van der Waals surface area contributed by atoms with Gasteiger partial charge in [-0.1, -0.05) is 23.2 Å². The van der Waals surface area contributed by atoms with E-state index in [1.807, 2.05) is 24.3 Å². The Morgan fingerprint density at radius 1 is 0.962 bits per heavy atom. The van der Waals surface area contributed by atoms with E-state index in [2.05, 4.69) is 4.98 Å². The quantitative estimate of drug-likeness (QED) is 0.526. The molecule has 0 radical (unpaired) electrons. The molecule has 0 aliphatic carbocycles. The van der Waals surface area contributed by atoms with E-state index in [0.717, 1.165) is 58.5 Å². The van der Waals surface area contributed by atoms with Crippen molar-refractivity contribution in [1.29, 1.82) is 0 Å². The molecule has 138 valence electrons. The molecule has 0 amide bonds. The van der Waals surface area contributed by atoms with Crippen molar-refractivity contribution in [2.75, 3.05) is 20.8 Å². The van der Waals surface area contributed by atoms with Crippen molar-refractivity contribution in [1.82, 2.24) is 4.98 Å². The number of hydrogen-bond donors (Lipinski definition) is 2. The molecule has 0 saturated heterocycles. The predicted molar refractivity (Wildman–Crippen MR) is 109 cm³/mol. The molecule has 26 heavy (non-hydrogen) atoms. The van der Waals surface area contributed by atoms with Gasteiger partial charge >= 0.3 is 0 Å². The third-order valence-corrected chi connectivity index (χ3v) is 4.96. The van der Waals surface area contributed by atoms with Crippen LogP contribution in [-0.2, 0) is 6.42 Å². The molecule has 0 saturated carbocycles. The number of unbranched alkanes of at least 4 members (excludes halogenated alkanes) is 1. The molecule has 0 fully saturated rings. The number of H-pyrrole nitrogens is 1. The van der Waals surface area contributed by atoms with Crippen LogP contribution in [-0.4, -0.2) is 25.7 Å². The number of fused-ring (bicyclic) bond motifs is 1. The molecular weight excluding hydrogens is 371 g/mol. The van der Waals surface area contributed by atoms with E-state index in [0.29, 0.717) is 16.6 Å². The zero-order chi connectivity index (χ0) is 18.7. The van der Waals surface area contributed by atoms with E-state index in [1.54, 1.807) is 20.3 Å². The molecule has 2 aromatic carbocycles. The molecule has 1 heterocycles. The summed E-state index contributed by atoms with van der Waals surface area (Å²) in [4.78, 5) is 3.48. The van der Waals surface area contributed by atoms with Crippen molar-refractivity contribution < 1.29 is 9.47 Å². The molecule has 0 spiro atoms. The highest BCUT2D eigenvalue weighted by Crippen LogP contribution is 2.39. The molecule has 3 rings (SSSR count). The first-order valence-electron chi connectivity index (χ1n) is 8.50. The van der Waals surface area contributed by atoms with Crippen LogP contribution in [0.5, 0.6) is 11.5 Å². The number of benzene rings is 2. The van der Waals surface area contributed by atoms with Gasteiger partial charge in [0.25, 0.3) is 0 Å². The Morgan fingerprint density at radius 2 is 1.65 bits per heavy atom. The van der Waals surface area contributed by atoms with Crippen LogP contribution < -0.4 is 15.2 Å². The molecule has 0 aliphatic rings. The van der Waals surface area contributed by atoms with Crippen LogP contribution >= 0.6 is 23.2 Å². The summed E-state index contributed by atoms with van der Waals surface area (Å²) in [5.41, 5.74) is 9.72. The number of ether oxygens (including phenoxy) is 2. The van der Waals surface area contributed by atoms with Gasteiger partial charge in [-0.25, -0.2) is 0 Å². The molecule has 0 bridgehead atoms. The van der Waals surface area contributed by atoms with Gasteiger partial charge in [0.1, 0.15) is 11.5 Å². The fraction of sp³-hybridized carbons (Fsp3) is 0.300. The van der Waals surface area contributed by atoms with Gasteiger partial charge in [-0.15, -0.1) is 0 Å². The lowest BCUT2D eigenvalue weighted by atomic mass is 10.00. The fourth-order valence-electron chi connectivity index (χ4n) is 3.21. The predicted octanol–water partition coefficient (Wildman–Crippen LogP) is 5.44. The lowest BCUT2D eigenvalue weighted by Crippen LogP contribution is -1.99. The molecule has 0 aliphatic heterocycles. The number of nitrogens with two attached hydrogens (primary N) is 1. The van der Waals surface area contributed by atoms with E-state index in [4.69, 9.17) is 38.4 Å². The zero-order valence-corrected chi connectivity index (χ0v) is 16.4. The average Bonchev–Trinajstić information content (AvgIpc) is 3.00. The standard InChI is InChI=1S/C20H22Cl2N2O2/c1-25-14-7-12(8-15(11-14)26-2)20-16(5-3-4-6-23)19-17(22)9-13(21)10-18(19)24-20/h7-11,24H,3-6,23H2,1-2H3. The first-order valence-corrected chi connectivity index (χ1v) is 9.26. The van der Waals surface area contributed by atoms with E-state index >= 15 is 0 Å². The number of aromatic nitrogens is 1. The van der Waals surface area contributed by atoms with Crippen molar-refractivity contribution in [2.24, 2.45) is 5.73 Å². The number of aryl methyl sites for hydroxylation is 1. The molecule has 4 nitrogen and oxygen atoms in total. The fourth-order valence-corrected chi connectivity index (χ4v) is 3.82. The van der Waals surface area contributed by atoms with Gasteiger partial charge in [-0.3, -0.25) is 0 Å². The van der Waals surface area contributed by atoms with E-state index < -0.39 is 0 Å². The highest BCUT2D eigenvalue weighted by Gasteiger charge is 2.17. The lowest BCUT2D eigenvalue weighted by molar-refractivity contribution is 0.394. The van der Waals surface area contributed by atoms with Crippen LogP contribution in [0.15, 0.2) is 30.3 Å². The summed E-state index contributed by atoms with van der Waals surface area (Å²) in [6.45, 7) is 0.671. The van der Waals surface area contributed by atoms with Crippen LogP contribution in [0.1, 0.15) is 18.4 Å². The summed E-state index contributed by atoms with van der Waals surface area (Å²) in [5.74, 6) is 1.46. The second kappa shape index (κ2) is 8.21. The van der Waals surface area contributed by atoms with Gasteiger partial charge in [0.05, 0.1) is 24.9 Å². The van der Waals surface area contributed by atoms with Gasteiger partial charge in [-0.05, 0) is 55.6 Å². The maximum atomic E-state index is 6.52. The molecule has 0 unspecified atom stereocenters. The van der Waals surface area contributed by atoms with Crippen LogP contribution in [0.4, 0.5) is 0 Å². The highest BCUT2D eigenvalue weighted by atomic mass is 35.5. The Labute approximate surface area is 163 Å². The number of hydrogen-bond acceptors (Lipinski definition) is 3. The molecular formula is C20H22Cl2N2O2. The Balaban J connectivity index is 2.21. The Hall–Kier alpha value is -1.88. The van der Waals surface area contributed by atoms with Crippen molar-refractivity contribution in [3.63, 3.8) is 0 Å². The summed E-state index contributed by atoms with van der Waals surface area (Å²) in [6, 6.07) is 9.49. The van der Waals surface area contributed by atoms with Crippen LogP contribution in [0.2, 0.25) is 10.0 Å². The van der Waals surface area contributed by atoms with Crippen molar-refractivity contribution in [3.8, 4) is 22.8 Å². The number of rotatable bonds is 7. The second-order valence-electron chi connectivity index (χ2n) is 6.14. The van der Waals surface area contributed by atoms with Crippen molar-refractivity contribution >= 4 is 34.1 Å². The smallest absolute Gasteiger partial charge is 0.123 e. The van der Waals surface area contributed by atoms with E-state index in [9.17, 15) is 0 Å². The highest BCUT2D eigenvalue weighted by molar-refractivity contribution is 6.39. The maximum absolute atomic E-state index is 6.52. The molecule has 3 N–H and O–H groups in total. The van der Waals surface area contributed by atoms with E-state index in [-0.39, 0.29) is 0 Å². The Morgan fingerprint density at radius 3 is 2.27 bits per heavy atom. The van der Waals surface area contributed by atoms with E-state index in [1.165, 1.54) is 0 Å². The minimum Gasteiger partial charge on any atom is -0.497 e. The normalized spacial score (nSPS) is 11.1. The largest absolute Gasteiger partial charge is 0.497 e. The maximum Gasteiger partial charge on any atom is 0.123 e. The second-order valence-corrected chi connectivity index (χ2v) is 6.98. The Bertz CT molecular complexity index is 900. The van der Waals surface area contributed by atoms with Crippen LogP contribution in [0.25, 0.3) is 22.2 Å². The minimum atomic E-state index is 0.604. The molecule has 1 aromatic heterocycles. The zero-order valence-electron chi connectivity index (χ0n) is 14.9. The van der Waals surface area contributed by atoms with Gasteiger partial charge in [0, 0.05) is 27.6 Å². The summed E-state index contributed by atoms with van der Waals surface area (Å²) < 4.78 is 10.8. The SMILES string of the molecule is COc1cc(OC)cc(-c2[nH]c3cc(Cl)cc(Cl)c3c2CCCCN)c1.